The van der Waals surface area contributed by atoms with Crippen LogP contribution in [0.5, 0.6) is 0 Å². The topological polar surface area (TPSA) is 64.0 Å². The van der Waals surface area contributed by atoms with Gasteiger partial charge in [-0.2, -0.15) is 0 Å². The minimum atomic E-state index is -0.810. The van der Waals surface area contributed by atoms with E-state index < -0.39 is 5.60 Å². The van der Waals surface area contributed by atoms with Crippen molar-refractivity contribution in [3.8, 4) is 0 Å². The molecule has 0 aromatic heterocycles. The fraction of sp³-hybridized carbons (Fsp3) is 0.300. The number of carbonyl (C=O) groups is 1. The number of likely N-dealkylation sites (tertiary alicyclic amines) is 1. The number of hydrogen-bond donors (Lipinski definition) is 2. The minimum absolute atomic E-state index is 0.0898. The second kappa shape index (κ2) is 10.6. The Morgan fingerprint density at radius 2 is 1.50 bits per heavy atom. The Morgan fingerprint density at radius 1 is 0.861 bits per heavy atom. The van der Waals surface area contributed by atoms with Crippen molar-refractivity contribution in [3.63, 3.8) is 0 Å². The second-order valence-corrected chi connectivity index (χ2v) is 9.97. The maximum atomic E-state index is 13.4. The molecule has 1 saturated heterocycles. The highest BCUT2D eigenvalue weighted by Gasteiger charge is 2.34. The maximum absolute atomic E-state index is 13.4. The molecule has 3 aromatic rings. The third-order valence-corrected chi connectivity index (χ3v) is 7.61. The predicted octanol–water partition coefficient (Wildman–Crippen LogP) is 5.10. The zero-order valence-corrected chi connectivity index (χ0v) is 21.0. The van der Waals surface area contributed by atoms with Crippen LogP contribution < -0.4 is 4.90 Å². The Bertz CT molecular complexity index is 1260. The lowest BCUT2D eigenvalue weighted by molar-refractivity contribution is -0.0254. The summed E-state index contributed by atoms with van der Waals surface area (Å²) in [6.07, 6.45) is 4.42. The van der Waals surface area contributed by atoms with Gasteiger partial charge in [-0.3, -0.25) is 4.79 Å². The quantitative estimate of drug-likeness (QED) is 0.492. The van der Waals surface area contributed by atoms with Crippen LogP contribution in [0.1, 0.15) is 46.3 Å². The van der Waals surface area contributed by atoms with Crippen molar-refractivity contribution in [3.05, 3.63) is 106 Å². The number of rotatable bonds is 6. The molecule has 2 heterocycles. The van der Waals surface area contributed by atoms with Crippen LogP contribution in [0.15, 0.2) is 78.9 Å². The summed E-state index contributed by atoms with van der Waals surface area (Å²) in [4.78, 5) is 17.5. The van der Waals surface area contributed by atoms with Gasteiger partial charge in [0.15, 0.2) is 0 Å². The number of para-hydroxylation sites is 1. The predicted molar refractivity (Wildman–Crippen MR) is 144 cm³/mol. The van der Waals surface area contributed by atoms with Crippen LogP contribution in [0, 0.1) is 0 Å². The van der Waals surface area contributed by atoms with Crippen molar-refractivity contribution in [2.45, 2.75) is 24.9 Å². The number of anilines is 1. The van der Waals surface area contributed by atoms with Crippen LogP contribution in [0.3, 0.4) is 0 Å². The van der Waals surface area contributed by atoms with Crippen molar-refractivity contribution in [1.29, 1.82) is 0 Å². The number of piperidine rings is 1. The van der Waals surface area contributed by atoms with E-state index in [-0.39, 0.29) is 19.1 Å². The maximum Gasteiger partial charge on any atom is 0.258 e. The third kappa shape index (κ3) is 4.84. The number of aliphatic hydroxyl groups is 2. The first-order valence-electron chi connectivity index (χ1n) is 12.5. The summed E-state index contributed by atoms with van der Waals surface area (Å²) in [7, 11) is 0. The Morgan fingerprint density at radius 3 is 2.19 bits per heavy atom. The molecule has 1 amide bonds. The van der Waals surface area contributed by atoms with Crippen molar-refractivity contribution in [2.75, 3.05) is 37.7 Å². The summed E-state index contributed by atoms with van der Waals surface area (Å²) in [6, 6.07) is 23.2. The van der Waals surface area contributed by atoms with Crippen molar-refractivity contribution in [1.82, 2.24) is 4.90 Å². The fourth-order valence-electron chi connectivity index (χ4n) is 5.37. The SMILES string of the molecule is O=C1c2ccccc2/C(=C\CCN2CCC(O)(c3ccc(Cl)cc3)CC2)c2ccccc2N1CCO. The van der Waals surface area contributed by atoms with E-state index in [2.05, 4.69) is 11.0 Å². The lowest BCUT2D eigenvalue weighted by Gasteiger charge is -2.38. The van der Waals surface area contributed by atoms with Gasteiger partial charge in [0.2, 0.25) is 0 Å². The number of β-amino-alcohol motifs (C(OH)–C–C–N with tert-alkyl or cyclic N) is 1. The summed E-state index contributed by atoms with van der Waals surface area (Å²) in [6.45, 7) is 2.66. The first-order chi connectivity index (χ1) is 17.5. The molecule has 0 spiro atoms. The van der Waals surface area contributed by atoms with Crippen LogP contribution >= 0.6 is 11.6 Å². The number of hydrogen-bond acceptors (Lipinski definition) is 4. The zero-order chi connectivity index (χ0) is 25.1. The molecular weight excluding hydrogens is 472 g/mol. The number of amides is 1. The molecule has 3 aromatic carbocycles. The van der Waals surface area contributed by atoms with Crippen LogP contribution in [-0.4, -0.2) is 53.8 Å². The third-order valence-electron chi connectivity index (χ3n) is 7.36. The fourth-order valence-corrected chi connectivity index (χ4v) is 5.50. The molecular formula is C30H31ClN2O3. The molecule has 5 rings (SSSR count). The molecule has 0 bridgehead atoms. The smallest absolute Gasteiger partial charge is 0.258 e. The Hall–Kier alpha value is -2.96. The molecule has 0 unspecified atom stereocenters. The molecule has 36 heavy (non-hydrogen) atoms. The monoisotopic (exact) mass is 502 g/mol. The Balaban J connectivity index is 1.35. The molecule has 2 aliphatic rings. The molecule has 186 valence electrons. The van der Waals surface area contributed by atoms with E-state index in [0.717, 1.165) is 54.0 Å². The average Bonchev–Trinajstić information content (AvgIpc) is 3.00. The summed E-state index contributed by atoms with van der Waals surface area (Å²) in [5.41, 5.74) is 4.56. The van der Waals surface area contributed by atoms with Crippen LogP contribution in [0.25, 0.3) is 5.57 Å². The minimum Gasteiger partial charge on any atom is -0.395 e. The molecule has 2 aliphatic heterocycles. The van der Waals surface area contributed by atoms with E-state index in [4.69, 9.17) is 11.6 Å². The van der Waals surface area contributed by atoms with Crippen LogP contribution in [-0.2, 0) is 5.60 Å². The first kappa shape index (κ1) is 24.7. The van der Waals surface area contributed by atoms with Gasteiger partial charge < -0.3 is 20.0 Å². The van der Waals surface area contributed by atoms with Crippen molar-refractivity contribution in [2.24, 2.45) is 0 Å². The zero-order valence-electron chi connectivity index (χ0n) is 20.2. The van der Waals surface area contributed by atoms with Crippen molar-refractivity contribution >= 4 is 28.8 Å². The lowest BCUT2D eigenvalue weighted by Crippen LogP contribution is -2.42. The molecule has 5 nitrogen and oxygen atoms in total. The van der Waals surface area contributed by atoms with E-state index in [1.807, 2.05) is 72.8 Å². The van der Waals surface area contributed by atoms with Gasteiger partial charge in [-0.1, -0.05) is 66.2 Å². The number of fused-ring (bicyclic) bond motifs is 2. The summed E-state index contributed by atoms with van der Waals surface area (Å²) in [5.74, 6) is -0.0898. The van der Waals surface area contributed by atoms with Gasteiger partial charge in [-0.25, -0.2) is 0 Å². The van der Waals surface area contributed by atoms with Gasteiger partial charge in [0, 0.05) is 42.3 Å². The molecule has 0 radical (unpaired) electrons. The Kier molecular flexibility index (Phi) is 7.26. The number of nitrogens with zero attached hydrogens (tertiary/aromatic N) is 2. The summed E-state index contributed by atoms with van der Waals surface area (Å²) in [5, 5.41) is 21.5. The summed E-state index contributed by atoms with van der Waals surface area (Å²) >= 11 is 6.02. The highest BCUT2D eigenvalue weighted by Crippen LogP contribution is 2.38. The molecule has 0 atom stereocenters. The van der Waals surface area contributed by atoms with Gasteiger partial charge in [0.25, 0.3) is 5.91 Å². The first-order valence-corrected chi connectivity index (χ1v) is 12.9. The standard InChI is InChI=1S/C30H31ClN2O3/c31-23-13-11-22(12-14-23)30(36)15-18-32(19-16-30)17-5-9-24-25-6-1-2-8-27(25)29(35)33(20-21-34)28-10-4-3-7-26(24)28/h1-4,6-14,34,36H,5,15-21H2/b24-9+. The largest absolute Gasteiger partial charge is 0.395 e. The number of carbonyl (C=O) groups excluding carboxylic acids is 1. The summed E-state index contributed by atoms with van der Waals surface area (Å²) < 4.78 is 0. The van der Waals surface area contributed by atoms with Gasteiger partial charge in [-0.05, 0) is 60.2 Å². The lowest BCUT2D eigenvalue weighted by atomic mass is 9.84. The molecule has 6 heteroatoms. The molecule has 2 N–H and O–H groups in total. The van der Waals surface area contributed by atoms with Crippen LogP contribution in [0.4, 0.5) is 5.69 Å². The second-order valence-electron chi connectivity index (χ2n) is 9.53. The Labute approximate surface area is 217 Å². The average molecular weight is 503 g/mol. The van der Waals surface area contributed by atoms with Gasteiger partial charge in [0.05, 0.1) is 17.9 Å². The number of halogens is 1. The van der Waals surface area contributed by atoms with Gasteiger partial charge in [0.1, 0.15) is 0 Å². The molecule has 0 saturated carbocycles. The van der Waals surface area contributed by atoms with Crippen molar-refractivity contribution < 1.29 is 15.0 Å². The number of benzene rings is 3. The van der Waals surface area contributed by atoms with Crippen LogP contribution in [0.2, 0.25) is 5.02 Å². The molecule has 1 fully saturated rings. The highest BCUT2D eigenvalue weighted by molar-refractivity contribution is 6.30. The van der Waals surface area contributed by atoms with Gasteiger partial charge in [-0.15, -0.1) is 0 Å². The van der Waals surface area contributed by atoms with E-state index in [1.165, 1.54) is 0 Å². The highest BCUT2D eigenvalue weighted by atomic mass is 35.5. The van der Waals surface area contributed by atoms with E-state index >= 15 is 0 Å². The van der Waals surface area contributed by atoms with E-state index in [1.54, 1.807) is 4.90 Å². The van der Waals surface area contributed by atoms with E-state index in [0.29, 0.717) is 23.4 Å². The normalized spacial score (nSPS) is 18.6. The van der Waals surface area contributed by atoms with E-state index in [9.17, 15) is 15.0 Å². The number of aliphatic hydroxyl groups excluding tert-OH is 1. The molecule has 0 aliphatic carbocycles. The van der Waals surface area contributed by atoms with Gasteiger partial charge >= 0.3 is 0 Å².